The van der Waals surface area contributed by atoms with E-state index in [0.29, 0.717) is 5.88 Å². The highest BCUT2D eigenvalue weighted by atomic mass is 35.5. The van der Waals surface area contributed by atoms with Gasteiger partial charge in [-0.05, 0) is 25.9 Å². The summed E-state index contributed by atoms with van der Waals surface area (Å²) >= 11 is 7.42. The highest BCUT2D eigenvalue weighted by Crippen LogP contribution is 2.20. The minimum absolute atomic E-state index is 0.510. The molecule has 0 atom stereocenters. The molecule has 0 aromatic carbocycles. The summed E-state index contributed by atoms with van der Waals surface area (Å²) < 4.78 is 0. The van der Waals surface area contributed by atoms with E-state index in [1.165, 1.54) is 25.9 Å². The maximum absolute atomic E-state index is 5.74. The molecule has 0 radical (unpaired) electrons. The summed E-state index contributed by atoms with van der Waals surface area (Å²) in [4.78, 5) is 9.21. The van der Waals surface area contributed by atoms with Crippen LogP contribution in [0.3, 0.4) is 0 Å². The SMILES string of the molecule is CN(CCN1CCCC1)c1nc(CCl)cs1. The van der Waals surface area contributed by atoms with Gasteiger partial charge in [-0.15, -0.1) is 22.9 Å². The lowest BCUT2D eigenvalue weighted by molar-refractivity contribution is 0.346. The molecule has 0 unspecified atom stereocenters. The van der Waals surface area contributed by atoms with E-state index in [9.17, 15) is 0 Å². The van der Waals surface area contributed by atoms with E-state index in [0.717, 1.165) is 23.9 Å². The Kier molecular flexibility index (Phi) is 4.44. The van der Waals surface area contributed by atoms with Crippen molar-refractivity contribution in [3.05, 3.63) is 11.1 Å². The lowest BCUT2D eigenvalue weighted by Gasteiger charge is -2.20. The van der Waals surface area contributed by atoms with E-state index >= 15 is 0 Å². The van der Waals surface area contributed by atoms with E-state index in [2.05, 4.69) is 21.8 Å². The van der Waals surface area contributed by atoms with Crippen LogP contribution >= 0.6 is 22.9 Å². The molecule has 0 saturated carbocycles. The topological polar surface area (TPSA) is 19.4 Å². The molecule has 2 heterocycles. The third-order valence-corrected chi connectivity index (χ3v) is 4.23. The number of halogens is 1. The summed E-state index contributed by atoms with van der Waals surface area (Å²) in [5, 5.41) is 3.11. The van der Waals surface area contributed by atoms with Crippen molar-refractivity contribution in [1.29, 1.82) is 0 Å². The van der Waals surface area contributed by atoms with Crippen molar-refractivity contribution in [2.45, 2.75) is 18.7 Å². The van der Waals surface area contributed by atoms with Crippen molar-refractivity contribution in [3.63, 3.8) is 0 Å². The first-order chi connectivity index (χ1) is 7.79. The van der Waals surface area contributed by atoms with E-state index in [-0.39, 0.29) is 0 Å². The van der Waals surface area contributed by atoms with Gasteiger partial charge in [0, 0.05) is 25.5 Å². The number of thiazole rings is 1. The summed E-state index contributed by atoms with van der Waals surface area (Å²) in [6, 6.07) is 0. The highest BCUT2D eigenvalue weighted by Gasteiger charge is 2.13. The lowest BCUT2D eigenvalue weighted by Crippen LogP contribution is -2.31. The van der Waals surface area contributed by atoms with Crippen molar-refractivity contribution in [2.75, 3.05) is 38.1 Å². The first kappa shape index (κ1) is 12.1. The van der Waals surface area contributed by atoms with Crippen molar-refractivity contribution >= 4 is 28.1 Å². The van der Waals surface area contributed by atoms with Gasteiger partial charge in [0.1, 0.15) is 0 Å². The quantitative estimate of drug-likeness (QED) is 0.757. The molecule has 1 fully saturated rings. The number of anilines is 1. The number of likely N-dealkylation sites (N-methyl/N-ethyl adjacent to an activating group) is 1. The fourth-order valence-electron chi connectivity index (χ4n) is 1.93. The Balaban J connectivity index is 1.80. The third kappa shape index (κ3) is 3.09. The number of aromatic nitrogens is 1. The van der Waals surface area contributed by atoms with Gasteiger partial charge >= 0.3 is 0 Å². The zero-order valence-corrected chi connectivity index (χ0v) is 11.2. The second-order valence-electron chi connectivity index (χ2n) is 4.23. The predicted octanol–water partition coefficient (Wildman–Crippen LogP) is 2.41. The molecule has 0 amide bonds. The van der Waals surface area contributed by atoms with Crippen LogP contribution < -0.4 is 4.90 Å². The molecule has 1 aliphatic heterocycles. The average molecular weight is 260 g/mol. The molecule has 0 aliphatic carbocycles. The molecule has 1 aromatic heterocycles. The number of hydrogen-bond acceptors (Lipinski definition) is 4. The lowest BCUT2D eigenvalue weighted by atomic mass is 10.4. The van der Waals surface area contributed by atoms with Crippen LogP contribution in [-0.2, 0) is 5.88 Å². The zero-order chi connectivity index (χ0) is 11.4. The normalized spacial score (nSPS) is 16.9. The van der Waals surface area contributed by atoms with Crippen LogP contribution in [0, 0.1) is 0 Å². The second-order valence-corrected chi connectivity index (χ2v) is 5.33. The minimum Gasteiger partial charge on any atom is -0.350 e. The predicted molar refractivity (Wildman–Crippen MR) is 70.6 cm³/mol. The molecule has 0 N–H and O–H groups in total. The Bertz CT molecular complexity index is 323. The van der Waals surface area contributed by atoms with Crippen LogP contribution in [0.1, 0.15) is 18.5 Å². The first-order valence-corrected chi connectivity index (χ1v) is 7.15. The van der Waals surface area contributed by atoms with Crippen LogP contribution in [0.15, 0.2) is 5.38 Å². The number of rotatable bonds is 5. The Morgan fingerprint density at radius 1 is 1.50 bits per heavy atom. The Morgan fingerprint density at radius 2 is 2.25 bits per heavy atom. The van der Waals surface area contributed by atoms with Crippen LogP contribution in [0.5, 0.6) is 0 Å². The van der Waals surface area contributed by atoms with Crippen LogP contribution in [0.4, 0.5) is 5.13 Å². The molecular formula is C11H18ClN3S. The summed E-state index contributed by atoms with van der Waals surface area (Å²) in [6.07, 6.45) is 2.72. The average Bonchev–Trinajstić information content (AvgIpc) is 2.96. The van der Waals surface area contributed by atoms with Gasteiger partial charge in [0.2, 0.25) is 0 Å². The van der Waals surface area contributed by atoms with Gasteiger partial charge in [-0.3, -0.25) is 0 Å². The molecule has 1 saturated heterocycles. The van der Waals surface area contributed by atoms with Crippen molar-refractivity contribution in [3.8, 4) is 0 Å². The standard InChI is InChI=1S/C11H18ClN3S/c1-14(6-7-15-4-2-3-5-15)11-13-10(8-12)9-16-11/h9H,2-8H2,1H3. The second kappa shape index (κ2) is 5.84. The van der Waals surface area contributed by atoms with Gasteiger partial charge in [0.15, 0.2) is 5.13 Å². The summed E-state index contributed by atoms with van der Waals surface area (Å²) in [5.41, 5.74) is 0.981. The van der Waals surface area contributed by atoms with Gasteiger partial charge in [-0.2, -0.15) is 0 Å². The molecule has 1 aromatic rings. The van der Waals surface area contributed by atoms with E-state index in [1.54, 1.807) is 11.3 Å². The number of hydrogen-bond donors (Lipinski definition) is 0. The van der Waals surface area contributed by atoms with Gasteiger partial charge in [0.05, 0.1) is 11.6 Å². The summed E-state index contributed by atoms with van der Waals surface area (Å²) in [5.74, 6) is 0.510. The van der Waals surface area contributed by atoms with Crippen LogP contribution in [-0.4, -0.2) is 43.1 Å². The summed E-state index contributed by atoms with van der Waals surface area (Å²) in [6.45, 7) is 4.72. The molecule has 5 heteroatoms. The molecule has 1 aliphatic rings. The van der Waals surface area contributed by atoms with Gasteiger partial charge < -0.3 is 9.80 Å². The third-order valence-electron chi connectivity index (χ3n) is 2.95. The largest absolute Gasteiger partial charge is 0.350 e. The zero-order valence-electron chi connectivity index (χ0n) is 9.65. The smallest absolute Gasteiger partial charge is 0.185 e. The van der Waals surface area contributed by atoms with Gasteiger partial charge in [0.25, 0.3) is 0 Å². The van der Waals surface area contributed by atoms with Gasteiger partial charge in [-0.1, -0.05) is 0 Å². The minimum atomic E-state index is 0.510. The fraction of sp³-hybridized carbons (Fsp3) is 0.727. The van der Waals surface area contributed by atoms with E-state index in [4.69, 9.17) is 11.6 Å². The van der Waals surface area contributed by atoms with Crippen LogP contribution in [0.25, 0.3) is 0 Å². The van der Waals surface area contributed by atoms with E-state index < -0.39 is 0 Å². The Morgan fingerprint density at radius 3 is 2.88 bits per heavy atom. The van der Waals surface area contributed by atoms with Gasteiger partial charge in [-0.25, -0.2) is 4.98 Å². The first-order valence-electron chi connectivity index (χ1n) is 5.73. The molecule has 3 nitrogen and oxygen atoms in total. The van der Waals surface area contributed by atoms with Crippen molar-refractivity contribution in [2.24, 2.45) is 0 Å². The fourth-order valence-corrected chi connectivity index (χ4v) is 2.97. The Labute approximate surface area is 106 Å². The van der Waals surface area contributed by atoms with E-state index in [1.807, 2.05) is 5.38 Å². The number of nitrogens with zero attached hydrogens (tertiary/aromatic N) is 3. The molecular weight excluding hydrogens is 242 g/mol. The molecule has 90 valence electrons. The van der Waals surface area contributed by atoms with Crippen molar-refractivity contribution in [1.82, 2.24) is 9.88 Å². The molecule has 16 heavy (non-hydrogen) atoms. The molecule has 0 bridgehead atoms. The number of likely N-dealkylation sites (tertiary alicyclic amines) is 1. The maximum atomic E-state index is 5.74. The summed E-state index contributed by atoms with van der Waals surface area (Å²) in [7, 11) is 2.10. The maximum Gasteiger partial charge on any atom is 0.185 e. The molecule has 2 rings (SSSR count). The highest BCUT2D eigenvalue weighted by molar-refractivity contribution is 7.13. The number of alkyl halides is 1. The van der Waals surface area contributed by atoms with Crippen LogP contribution in [0.2, 0.25) is 0 Å². The Hall–Kier alpha value is -0.320. The van der Waals surface area contributed by atoms with Crippen molar-refractivity contribution < 1.29 is 0 Å². The monoisotopic (exact) mass is 259 g/mol. The molecule has 0 spiro atoms.